The van der Waals surface area contributed by atoms with Crippen molar-refractivity contribution in [3.63, 3.8) is 0 Å². The van der Waals surface area contributed by atoms with E-state index >= 15 is 0 Å². The molecule has 0 radical (unpaired) electrons. The highest BCUT2D eigenvalue weighted by Gasteiger charge is 2.12. The number of ether oxygens (including phenoxy) is 2. The van der Waals surface area contributed by atoms with Gasteiger partial charge in [-0.3, -0.25) is 4.79 Å². The van der Waals surface area contributed by atoms with E-state index in [9.17, 15) is 9.59 Å². The fourth-order valence-corrected chi connectivity index (χ4v) is 1.47. The molecule has 6 nitrogen and oxygen atoms in total. The van der Waals surface area contributed by atoms with Crippen LogP contribution in [0.25, 0.3) is 0 Å². The van der Waals surface area contributed by atoms with E-state index in [1.165, 1.54) is 0 Å². The van der Waals surface area contributed by atoms with Crippen LogP contribution in [0.15, 0.2) is 30.3 Å². The van der Waals surface area contributed by atoms with Crippen molar-refractivity contribution >= 4 is 12.1 Å². The van der Waals surface area contributed by atoms with Crippen molar-refractivity contribution in [3.8, 4) is 11.8 Å². The van der Waals surface area contributed by atoms with E-state index in [-0.39, 0.29) is 26.2 Å². The number of carbonyl (C=O) groups excluding carboxylic acids is 2. The maximum atomic E-state index is 11.4. The summed E-state index contributed by atoms with van der Waals surface area (Å²) in [5.74, 6) is 4.92. The van der Waals surface area contributed by atoms with Gasteiger partial charge in [-0.2, -0.15) is 0 Å². The molecule has 1 aromatic rings. The minimum absolute atomic E-state index is 0.128. The van der Waals surface area contributed by atoms with Gasteiger partial charge in [0.15, 0.2) is 0 Å². The van der Waals surface area contributed by atoms with Gasteiger partial charge in [0.05, 0.1) is 13.2 Å². The van der Waals surface area contributed by atoms with Crippen molar-refractivity contribution in [2.45, 2.75) is 26.0 Å². The largest absolute Gasteiger partial charge is 0.465 e. The highest BCUT2D eigenvalue weighted by Crippen LogP contribution is 2.00. The lowest BCUT2D eigenvalue weighted by Crippen LogP contribution is -2.31. The average Bonchev–Trinajstić information content (AvgIpc) is 2.53. The second kappa shape index (κ2) is 10.2. The Balaban J connectivity index is 2.17. The average molecular weight is 304 g/mol. The van der Waals surface area contributed by atoms with Gasteiger partial charge >= 0.3 is 12.1 Å². The number of nitrogens with one attached hydrogen (secondary N) is 1. The number of carbonyl (C=O) groups is 2. The molecule has 118 valence electrons. The Morgan fingerprint density at radius 3 is 2.64 bits per heavy atom. The van der Waals surface area contributed by atoms with Gasteiger partial charge in [-0.1, -0.05) is 42.2 Å². The normalized spacial score (nSPS) is 10.8. The lowest BCUT2D eigenvalue weighted by molar-refractivity contribution is -0.144. The molecule has 0 saturated carbocycles. The molecular weight excluding hydrogens is 284 g/mol. The summed E-state index contributed by atoms with van der Waals surface area (Å²) in [6, 6.07) is 8.59. The molecule has 0 aliphatic rings. The van der Waals surface area contributed by atoms with Crippen LogP contribution in [0.1, 0.15) is 18.9 Å². The summed E-state index contributed by atoms with van der Waals surface area (Å²) in [7, 11) is 0. The molecule has 1 atom stereocenters. The van der Waals surface area contributed by atoms with Crippen LogP contribution in [0.3, 0.4) is 0 Å². The Bertz CT molecular complexity index is 534. The zero-order valence-corrected chi connectivity index (χ0v) is 12.5. The number of amides is 1. The molecule has 0 heterocycles. The molecule has 3 N–H and O–H groups in total. The van der Waals surface area contributed by atoms with Crippen LogP contribution in [-0.2, 0) is 20.9 Å². The Labute approximate surface area is 130 Å². The molecular formula is C16H20N2O4. The maximum absolute atomic E-state index is 11.4. The molecule has 0 spiro atoms. The van der Waals surface area contributed by atoms with E-state index in [1.807, 2.05) is 30.3 Å². The highest BCUT2D eigenvalue weighted by atomic mass is 16.5. The Morgan fingerprint density at radius 2 is 1.95 bits per heavy atom. The van der Waals surface area contributed by atoms with Gasteiger partial charge in [0.2, 0.25) is 0 Å². The molecule has 0 bridgehead atoms. The second-order valence-corrected chi connectivity index (χ2v) is 4.33. The molecule has 1 aromatic carbocycles. The molecule has 6 heteroatoms. The number of rotatable bonds is 6. The topological polar surface area (TPSA) is 90.6 Å². The quantitative estimate of drug-likeness (QED) is 0.608. The van der Waals surface area contributed by atoms with Crippen LogP contribution in [0.5, 0.6) is 0 Å². The SMILES string of the molecule is CCOC(=O)[C@@H](N)CC#CCNC(=O)OCc1ccccc1. The van der Waals surface area contributed by atoms with Gasteiger partial charge in [-0.15, -0.1) is 0 Å². The monoisotopic (exact) mass is 304 g/mol. The Morgan fingerprint density at radius 1 is 1.23 bits per heavy atom. The summed E-state index contributed by atoms with van der Waals surface area (Å²) in [6.45, 7) is 2.33. The van der Waals surface area contributed by atoms with Crippen LogP contribution in [-0.4, -0.2) is 31.3 Å². The standard InChI is InChI=1S/C16H20N2O4/c1-2-21-15(19)14(17)10-6-7-11-18-16(20)22-12-13-8-4-3-5-9-13/h3-5,8-9,14H,2,10-12,17H2,1H3,(H,18,20)/t14-/m0/s1. The van der Waals surface area contributed by atoms with Gasteiger partial charge in [0.1, 0.15) is 12.6 Å². The predicted octanol–water partition coefficient (Wildman–Crippen LogP) is 1.20. The summed E-state index contributed by atoms with van der Waals surface area (Å²) in [5.41, 5.74) is 6.47. The lowest BCUT2D eigenvalue weighted by atomic mass is 10.2. The molecule has 0 fully saturated rings. The Hall–Kier alpha value is -2.52. The first-order valence-corrected chi connectivity index (χ1v) is 6.96. The van der Waals surface area contributed by atoms with Crippen molar-refractivity contribution < 1.29 is 19.1 Å². The molecule has 1 amide bonds. The smallest absolute Gasteiger partial charge is 0.408 e. The summed E-state index contributed by atoms with van der Waals surface area (Å²) >= 11 is 0. The minimum atomic E-state index is -0.766. The van der Waals surface area contributed by atoms with Crippen LogP contribution in [0, 0.1) is 11.8 Å². The predicted molar refractivity (Wildman–Crippen MR) is 81.6 cm³/mol. The first-order valence-electron chi connectivity index (χ1n) is 6.96. The van der Waals surface area contributed by atoms with E-state index in [0.717, 1.165) is 5.56 Å². The molecule has 0 unspecified atom stereocenters. The molecule has 0 saturated heterocycles. The number of nitrogens with two attached hydrogens (primary N) is 1. The molecule has 1 rings (SSSR count). The lowest BCUT2D eigenvalue weighted by Gasteiger charge is -2.06. The Kier molecular flexibility index (Phi) is 8.16. The third-order valence-electron chi connectivity index (χ3n) is 2.57. The summed E-state index contributed by atoms with van der Waals surface area (Å²) in [6.07, 6.45) is -0.368. The fraction of sp³-hybridized carbons (Fsp3) is 0.375. The maximum Gasteiger partial charge on any atom is 0.408 e. The minimum Gasteiger partial charge on any atom is -0.465 e. The van der Waals surface area contributed by atoms with Crippen molar-refractivity contribution in [3.05, 3.63) is 35.9 Å². The van der Waals surface area contributed by atoms with Crippen molar-refractivity contribution in [2.24, 2.45) is 5.73 Å². The summed E-state index contributed by atoms with van der Waals surface area (Å²) < 4.78 is 9.76. The highest BCUT2D eigenvalue weighted by molar-refractivity contribution is 5.75. The van der Waals surface area contributed by atoms with E-state index in [4.69, 9.17) is 15.2 Å². The molecule has 0 aliphatic carbocycles. The third kappa shape index (κ3) is 7.31. The second-order valence-electron chi connectivity index (χ2n) is 4.33. The zero-order valence-electron chi connectivity index (χ0n) is 12.5. The molecule has 0 aliphatic heterocycles. The fourth-order valence-electron chi connectivity index (χ4n) is 1.47. The number of esters is 1. The third-order valence-corrected chi connectivity index (χ3v) is 2.57. The van der Waals surface area contributed by atoms with Gasteiger partial charge in [-0.25, -0.2) is 4.79 Å². The van der Waals surface area contributed by atoms with E-state index in [0.29, 0.717) is 0 Å². The van der Waals surface area contributed by atoms with Crippen LogP contribution >= 0.6 is 0 Å². The number of hydrogen-bond donors (Lipinski definition) is 2. The first kappa shape index (κ1) is 17.5. The van der Waals surface area contributed by atoms with Gasteiger partial charge in [0.25, 0.3) is 0 Å². The number of benzene rings is 1. The number of alkyl carbamates (subject to hydrolysis) is 1. The summed E-state index contributed by atoms with van der Waals surface area (Å²) in [5, 5.41) is 2.49. The molecule has 22 heavy (non-hydrogen) atoms. The van der Waals surface area contributed by atoms with E-state index in [2.05, 4.69) is 17.2 Å². The van der Waals surface area contributed by atoms with E-state index < -0.39 is 18.1 Å². The van der Waals surface area contributed by atoms with Gasteiger partial charge in [-0.05, 0) is 12.5 Å². The van der Waals surface area contributed by atoms with Crippen molar-refractivity contribution in [1.82, 2.24) is 5.32 Å². The van der Waals surface area contributed by atoms with Crippen molar-refractivity contribution in [1.29, 1.82) is 0 Å². The zero-order chi connectivity index (χ0) is 16.2. The van der Waals surface area contributed by atoms with Gasteiger partial charge < -0.3 is 20.5 Å². The van der Waals surface area contributed by atoms with Crippen LogP contribution in [0.2, 0.25) is 0 Å². The number of hydrogen-bond acceptors (Lipinski definition) is 5. The first-order chi connectivity index (χ1) is 10.6. The van der Waals surface area contributed by atoms with Crippen molar-refractivity contribution in [2.75, 3.05) is 13.2 Å². The van der Waals surface area contributed by atoms with Crippen LogP contribution < -0.4 is 11.1 Å². The van der Waals surface area contributed by atoms with E-state index in [1.54, 1.807) is 6.92 Å². The molecule has 0 aromatic heterocycles. The summed E-state index contributed by atoms with van der Waals surface area (Å²) in [4.78, 5) is 22.6. The van der Waals surface area contributed by atoms with Crippen LogP contribution in [0.4, 0.5) is 4.79 Å². The van der Waals surface area contributed by atoms with Gasteiger partial charge in [0, 0.05) is 6.42 Å².